The van der Waals surface area contributed by atoms with Gasteiger partial charge in [-0.05, 0) is 21.8 Å². The van der Waals surface area contributed by atoms with E-state index in [4.69, 9.17) is 9.17 Å². The van der Waals surface area contributed by atoms with Crippen LogP contribution in [-0.2, 0) is 19.4 Å². The van der Waals surface area contributed by atoms with E-state index in [1.54, 1.807) is 0 Å². The van der Waals surface area contributed by atoms with E-state index in [9.17, 15) is 9.00 Å². The van der Waals surface area contributed by atoms with E-state index in [-0.39, 0.29) is 23.2 Å². The van der Waals surface area contributed by atoms with E-state index in [2.05, 4.69) is 49.8 Å². The Labute approximate surface area is 169 Å². The standard InChI is InChI=1S/C21H30N2O3SSi/c1-21(2,3)28(18-12-7-5-8-13-18,19-14-9-6-10-15-19)23-27(22,25)17-11-16-20(24)26-4/h5-10,12-15H,11,16-17H2,1-4H3,(H2,22,23,25). The van der Waals surface area contributed by atoms with Gasteiger partial charge in [-0.1, -0.05) is 81.4 Å². The predicted molar refractivity (Wildman–Crippen MR) is 118 cm³/mol. The minimum atomic E-state index is -2.99. The Balaban J connectivity index is 2.64. The van der Waals surface area contributed by atoms with Gasteiger partial charge in [0, 0.05) is 12.2 Å². The van der Waals surface area contributed by atoms with Crippen LogP contribution in [0.4, 0.5) is 0 Å². The molecule has 0 saturated heterocycles. The monoisotopic (exact) mass is 418 g/mol. The fourth-order valence-electron chi connectivity index (χ4n) is 3.44. The molecule has 0 spiro atoms. The van der Waals surface area contributed by atoms with Crippen LogP contribution >= 0.6 is 0 Å². The number of hydrogen-bond acceptors (Lipinski definition) is 4. The van der Waals surface area contributed by atoms with Crippen molar-refractivity contribution in [2.75, 3.05) is 12.9 Å². The lowest BCUT2D eigenvalue weighted by molar-refractivity contribution is -0.140. The van der Waals surface area contributed by atoms with Crippen LogP contribution in [0, 0.1) is 0 Å². The molecule has 5 nitrogen and oxygen atoms in total. The number of esters is 1. The van der Waals surface area contributed by atoms with Gasteiger partial charge in [0.25, 0.3) is 8.24 Å². The molecule has 1 unspecified atom stereocenters. The maximum absolute atomic E-state index is 13.4. The number of benzene rings is 2. The Morgan fingerprint density at radius 1 is 1.04 bits per heavy atom. The van der Waals surface area contributed by atoms with Crippen molar-refractivity contribution in [1.29, 1.82) is 0 Å². The average Bonchev–Trinajstić information content (AvgIpc) is 2.66. The molecule has 1 atom stereocenters. The SMILES string of the molecule is COC(=O)CCCS(N)(=O)=N[Si](c1ccccc1)(c1ccccc1)C(C)(C)C. The Bertz CT molecular complexity index is 863. The molecule has 0 saturated carbocycles. The van der Waals surface area contributed by atoms with Crippen LogP contribution < -0.4 is 15.5 Å². The number of carbonyl (C=O) groups excluding carboxylic acids is 1. The highest BCUT2D eigenvalue weighted by Gasteiger charge is 2.49. The lowest BCUT2D eigenvalue weighted by Crippen LogP contribution is -2.64. The molecule has 2 N–H and O–H groups in total. The molecule has 2 aromatic rings. The second-order valence-corrected chi connectivity index (χ2v) is 14.5. The van der Waals surface area contributed by atoms with Gasteiger partial charge in [0.05, 0.1) is 17.0 Å². The van der Waals surface area contributed by atoms with Crippen molar-refractivity contribution in [2.24, 2.45) is 9.17 Å². The highest BCUT2D eigenvalue weighted by Crippen LogP contribution is 2.37. The number of nitrogens with two attached hydrogens (primary N) is 1. The van der Waals surface area contributed by atoms with E-state index < -0.39 is 18.2 Å². The molecule has 0 radical (unpaired) electrons. The summed E-state index contributed by atoms with van der Waals surface area (Å²) in [5.41, 5.74) is 0. The van der Waals surface area contributed by atoms with Crippen molar-refractivity contribution in [2.45, 2.75) is 38.7 Å². The molecule has 0 fully saturated rings. The van der Waals surface area contributed by atoms with Gasteiger partial charge < -0.3 is 4.74 Å². The Morgan fingerprint density at radius 2 is 1.50 bits per heavy atom. The minimum Gasteiger partial charge on any atom is -0.469 e. The predicted octanol–water partition coefficient (Wildman–Crippen LogP) is 2.84. The van der Waals surface area contributed by atoms with E-state index in [0.29, 0.717) is 6.42 Å². The first-order valence-electron chi connectivity index (χ1n) is 9.34. The largest absolute Gasteiger partial charge is 0.469 e. The first-order chi connectivity index (χ1) is 13.1. The smallest absolute Gasteiger partial charge is 0.305 e. The highest BCUT2D eigenvalue weighted by atomic mass is 32.2. The molecule has 7 heteroatoms. The number of nitrogens with zero attached hydrogens (tertiary/aromatic N) is 1. The first kappa shape index (κ1) is 22.3. The van der Waals surface area contributed by atoms with Gasteiger partial charge in [-0.2, -0.15) is 0 Å². The molecule has 0 bridgehead atoms. The van der Waals surface area contributed by atoms with Gasteiger partial charge in [0.15, 0.2) is 0 Å². The third-order valence-electron chi connectivity index (χ3n) is 4.81. The quantitative estimate of drug-likeness (QED) is 0.554. The summed E-state index contributed by atoms with van der Waals surface area (Å²) < 4.78 is 23.0. The molecule has 0 aliphatic carbocycles. The molecule has 2 aromatic carbocycles. The van der Waals surface area contributed by atoms with Crippen molar-refractivity contribution in [1.82, 2.24) is 0 Å². The molecule has 2 rings (SSSR count). The molecule has 28 heavy (non-hydrogen) atoms. The van der Waals surface area contributed by atoms with Crippen molar-refractivity contribution in [3.8, 4) is 0 Å². The van der Waals surface area contributed by atoms with E-state index >= 15 is 0 Å². The second-order valence-electron chi connectivity index (χ2n) is 7.86. The number of methoxy groups -OCH3 is 1. The zero-order chi connectivity index (χ0) is 20.8. The zero-order valence-corrected chi connectivity index (χ0v) is 18.9. The van der Waals surface area contributed by atoms with Gasteiger partial charge in [0.1, 0.15) is 0 Å². The fourth-order valence-corrected chi connectivity index (χ4v) is 11.6. The molecule has 0 aliphatic rings. The molecule has 152 valence electrons. The summed E-state index contributed by atoms with van der Waals surface area (Å²) in [5.74, 6) is -0.173. The summed E-state index contributed by atoms with van der Waals surface area (Å²) in [6.45, 7) is 6.39. The van der Waals surface area contributed by atoms with Crippen molar-refractivity contribution < 1.29 is 13.7 Å². The summed E-state index contributed by atoms with van der Waals surface area (Å²) in [7, 11) is -4.51. The third kappa shape index (κ3) is 5.10. The maximum atomic E-state index is 13.4. The Kier molecular flexibility index (Phi) is 7.20. The van der Waals surface area contributed by atoms with Crippen LogP contribution in [0.15, 0.2) is 64.7 Å². The number of hydrogen-bond donors (Lipinski definition) is 1. The van der Waals surface area contributed by atoms with E-state index in [0.717, 1.165) is 10.4 Å². The lowest BCUT2D eigenvalue weighted by Gasteiger charge is -2.40. The topological polar surface area (TPSA) is 81.8 Å². The average molecular weight is 419 g/mol. The summed E-state index contributed by atoms with van der Waals surface area (Å²) in [6.07, 6.45) is 0.560. The van der Waals surface area contributed by atoms with Crippen molar-refractivity contribution >= 4 is 34.5 Å². The lowest BCUT2D eigenvalue weighted by atomic mass is 10.2. The van der Waals surface area contributed by atoms with E-state index in [1.807, 2.05) is 36.4 Å². The van der Waals surface area contributed by atoms with Crippen LogP contribution in [0.1, 0.15) is 33.6 Å². The van der Waals surface area contributed by atoms with Gasteiger partial charge >= 0.3 is 5.97 Å². The van der Waals surface area contributed by atoms with Gasteiger partial charge in [0.2, 0.25) is 0 Å². The van der Waals surface area contributed by atoms with Gasteiger partial charge in [-0.3, -0.25) is 8.82 Å². The van der Waals surface area contributed by atoms with Crippen LogP contribution in [0.5, 0.6) is 0 Å². The fraction of sp³-hybridized carbons (Fsp3) is 0.381. The molecule has 0 aromatic heterocycles. The van der Waals surface area contributed by atoms with Crippen molar-refractivity contribution in [3.05, 3.63) is 60.7 Å². The zero-order valence-electron chi connectivity index (χ0n) is 17.1. The van der Waals surface area contributed by atoms with Crippen LogP contribution in [0.3, 0.4) is 0 Å². The molecule has 0 amide bonds. The number of ether oxygens (including phenoxy) is 1. The van der Waals surface area contributed by atoms with Crippen LogP contribution in [-0.4, -0.2) is 31.3 Å². The number of carbonyl (C=O) groups is 1. The third-order valence-corrected chi connectivity index (χ3v) is 12.5. The summed E-state index contributed by atoms with van der Waals surface area (Å²) in [6, 6.07) is 20.1. The molecular formula is C21H30N2O3SSi. The molecule has 0 aliphatic heterocycles. The Morgan fingerprint density at radius 3 is 1.89 bits per heavy atom. The van der Waals surface area contributed by atoms with Crippen LogP contribution in [0.25, 0.3) is 0 Å². The molecular weight excluding hydrogens is 388 g/mol. The minimum absolute atomic E-state index is 0.159. The summed E-state index contributed by atoms with van der Waals surface area (Å²) >= 11 is 0. The summed E-state index contributed by atoms with van der Waals surface area (Å²) in [5, 5.41) is 8.12. The van der Waals surface area contributed by atoms with E-state index in [1.165, 1.54) is 7.11 Å². The summed E-state index contributed by atoms with van der Waals surface area (Å²) in [4.78, 5) is 11.4. The van der Waals surface area contributed by atoms with Crippen LogP contribution in [0.2, 0.25) is 5.04 Å². The Hall–Kier alpha value is -1.96. The van der Waals surface area contributed by atoms with Gasteiger partial charge in [-0.25, -0.2) is 9.35 Å². The number of rotatable bonds is 7. The first-order valence-corrected chi connectivity index (χ1v) is 13.0. The van der Waals surface area contributed by atoms with Gasteiger partial charge in [-0.15, -0.1) is 0 Å². The highest BCUT2D eigenvalue weighted by molar-refractivity contribution is 7.92. The normalized spacial score (nSPS) is 14.2. The molecule has 0 heterocycles. The van der Waals surface area contributed by atoms with Crippen molar-refractivity contribution in [3.63, 3.8) is 0 Å². The maximum Gasteiger partial charge on any atom is 0.305 e. The second kappa shape index (κ2) is 9.02.